The van der Waals surface area contributed by atoms with Crippen LogP contribution >= 0.6 is 0 Å². The van der Waals surface area contributed by atoms with E-state index >= 15 is 0 Å². The summed E-state index contributed by atoms with van der Waals surface area (Å²) in [6.45, 7) is 2.02. The molecule has 0 atom stereocenters. The van der Waals surface area contributed by atoms with Gasteiger partial charge in [0.15, 0.2) is 5.84 Å². The van der Waals surface area contributed by atoms with E-state index in [1.54, 1.807) is 13.2 Å². The average molecular weight is 194 g/mol. The lowest BCUT2D eigenvalue weighted by molar-refractivity contribution is 0.318. The first-order valence-corrected chi connectivity index (χ1v) is 4.38. The zero-order valence-electron chi connectivity index (χ0n) is 8.32. The van der Waals surface area contributed by atoms with Crippen LogP contribution in [0.15, 0.2) is 23.4 Å². The van der Waals surface area contributed by atoms with Crippen molar-refractivity contribution in [3.8, 4) is 5.75 Å². The van der Waals surface area contributed by atoms with Gasteiger partial charge < -0.3 is 15.7 Å². The van der Waals surface area contributed by atoms with Crippen molar-refractivity contribution in [2.45, 2.75) is 13.3 Å². The molecule has 0 unspecified atom stereocenters. The molecule has 3 N–H and O–H groups in total. The molecule has 76 valence electrons. The summed E-state index contributed by atoms with van der Waals surface area (Å²) in [5.41, 5.74) is 7.17. The predicted octanol–water partition coefficient (Wildman–Crippen LogP) is 1.35. The highest BCUT2D eigenvalue weighted by Crippen LogP contribution is 2.23. The van der Waals surface area contributed by atoms with Crippen LogP contribution in [0.25, 0.3) is 0 Å². The van der Waals surface area contributed by atoms with E-state index < -0.39 is 0 Å². The van der Waals surface area contributed by atoms with Gasteiger partial charge in [-0.05, 0) is 18.1 Å². The van der Waals surface area contributed by atoms with Crippen molar-refractivity contribution in [2.75, 3.05) is 7.11 Å². The molecule has 4 heteroatoms. The summed E-state index contributed by atoms with van der Waals surface area (Å²) in [6, 6.07) is 5.56. The Hall–Kier alpha value is -1.71. The van der Waals surface area contributed by atoms with Gasteiger partial charge in [-0.1, -0.05) is 24.2 Å². The van der Waals surface area contributed by atoms with E-state index in [9.17, 15) is 0 Å². The number of nitrogens with two attached hydrogens (primary N) is 1. The molecule has 0 spiro atoms. The van der Waals surface area contributed by atoms with Crippen LogP contribution in [0, 0.1) is 0 Å². The first-order valence-electron chi connectivity index (χ1n) is 4.38. The highest BCUT2D eigenvalue weighted by molar-refractivity contribution is 5.99. The number of para-hydroxylation sites is 1. The molecule has 0 bridgehead atoms. The number of amidine groups is 1. The Balaban J connectivity index is 3.29. The lowest BCUT2D eigenvalue weighted by Gasteiger charge is -2.10. The van der Waals surface area contributed by atoms with E-state index in [2.05, 4.69) is 5.16 Å². The number of hydrogen-bond acceptors (Lipinski definition) is 3. The number of oxime groups is 1. The maximum atomic E-state index is 8.58. The van der Waals surface area contributed by atoms with Crippen LogP contribution < -0.4 is 10.5 Å². The Morgan fingerprint density at radius 3 is 2.79 bits per heavy atom. The summed E-state index contributed by atoms with van der Waals surface area (Å²) in [7, 11) is 1.57. The molecule has 14 heavy (non-hydrogen) atoms. The molecule has 0 heterocycles. The maximum absolute atomic E-state index is 8.58. The molecule has 0 saturated heterocycles. The quantitative estimate of drug-likeness (QED) is 0.330. The van der Waals surface area contributed by atoms with Crippen molar-refractivity contribution in [2.24, 2.45) is 10.9 Å². The van der Waals surface area contributed by atoms with Crippen LogP contribution in [0.2, 0.25) is 0 Å². The van der Waals surface area contributed by atoms with Crippen molar-refractivity contribution < 1.29 is 9.94 Å². The number of methoxy groups -OCH3 is 1. The minimum absolute atomic E-state index is 0.0668. The van der Waals surface area contributed by atoms with Gasteiger partial charge in [-0.2, -0.15) is 0 Å². The monoisotopic (exact) mass is 194 g/mol. The number of rotatable bonds is 3. The SMILES string of the molecule is CCc1cccc(/C(N)=N\O)c1OC. The first-order chi connectivity index (χ1) is 6.74. The molecule has 0 aliphatic rings. The number of ether oxygens (including phenoxy) is 1. The number of nitrogens with zero attached hydrogens (tertiary/aromatic N) is 1. The number of hydrogen-bond donors (Lipinski definition) is 2. The Morgan fingerprint density at radius 1 is 1.57 bits per heavy atom. The fourth-order valence-electron chi connectivity index (χ4n) is 1.36. The second-order valence-corrected chi connectivity index (χ2v) is 2.84. The minimum atomic E-state index is 0.0668. The second-order valence-electron chi connectivity index (χ2n) is 2.84. The van der Waals surface area contributed by atoms with Gasteiger partial charge in [-0.15, -0.1) is 0 Å². The first kappa shape index (κ1) is 10.4. The van der Waals surface area contributed by atoms with E-state index in [0.717, 1.165) is 12.0 Å². The summed E-state index contributed by atoms with van der Waals surface area (Å²) in [5.74, 6) is 0.738. The summed E-state index contributed by atoms with van der Waals surface area (Å²) in [6.07, 6.45) is 0.843. The van der Waals surface area contributed by atoms with Crippen LogP contribution in [0.3, 0.4) is 0 Å². The van der Waals surface area contributed by atoms with E-state index in [0.29, 0.717) is 11.3 Å². The Labute approximate surface area is 83.0 Å². The van der Waals surface area contributed by atoms with Crippen molar-refractivity contribution in [1.82, 2.24) is 0 Å². The van der Waals surface area contributed by atoms with Crippen LogP contribution in [0.5, 0.6) is 5.75 Å². The lowest BCUT2D eigenvalue weighted by Crippen LogP contribution is -2.15. The molecule has 1 aromatic carbocycles. The summed E-state index contributed by atoms with van der Waals surface area (Å²) in [4.78, 5) is 0. The van der Waals surface area contributed by atoms with Gasteiger partial charge in [0.05, 0.1) is 12.7 Å². The zero-order valence-corrected chi connectivity index (χ0v) is 8.32. The van der Waals surface area contributed by atoms with Crippen LogP contribution in [0.4, 0.5) is 0 Å². The number of benzene rings is 1. The second kappa shape index (κ2) is 4.50. The van der Waals surface area contributed by atoms with Crippen molar-refractivity contribution in [3.63, 3.8) is 0 Å². The van der Waals surface area contributed by atoms with Gasteiger partial charge in [-0.25, -0.2) is 0 Å². The van der Waals surface area contributed by atoms with Gasteiger partial charge >= 0.3 is 0 Å². The molecular formula is C10H14N2O2. The van der Waals surface area contributed by atoms with Gasteiger partial charge in [0.25, 0.3) is 0 Å². The van der Waals surface area contributed by atoms with E-state index in [1.165, 1.54) is 0 Å². The molecular weight excluding hydrogens is 180 g/mol. The molecule has 4 nitrogen and oxygen atoms in total. The summed E-state index contributed by atoms with van der Waals surface area (Å²) in [5, 5.41) is 11.5. The van der Waals surface area contributed by atoms with Crippen molar-refractivity contribution in [1.29, 1.82) is 0 Å². The zero-order chi connectivity index (χ0) is 10.6. The van der Waals surface area contributed by atoms with Gasteiger partial charge in [0.1, 0.15) is 5.75 Å². The van der Waals surface area contributed by atoms with E-state index in [1.807, 2.05) is 19.1 Å². The maximum Gasteiger partial charge on any atom is 0.173 e. The highest BCUT2D eigenvalue weighted by Gasteiger charge is 2.10. The van der Waals surface area contributed by atoms with E-state index in [4.69, 9.17) is 15.7 Å². The van der Waals surface area contributed by atoms with Gasteiger partial charge in [0, 0.05) is 0 Å². The van der Waals surface area contributed by atoms with E-state index in [-0.39, 0.29) is 5.84 Å². The molecule has 0 amide bonds. The standard InChI is InChI=1S/C10H14N2O2/c1-3-7-5-4-6-8(9(7)14-2)10(11)12-13/h4-6,13H,3H2,1-2H3,(H2,11,12). The molecule has 0 fully saturated rings. The Morgan fingerprint density at radius 2 is 2.29 bits per heavy atom. The molecule has 0 aromatic heterocycles. The number of aryl methyl sites for hydroxylation is 1. The Kier molecular flexibility index (Phi) is 3.34. The van der Waals surface area contributed by atoms with Crippen LogP contribution in [-0.4, -0.2) is 18.2 Å². The fourth-order valence-corrected chi connectivity index (χ4v) is 1.36. The third kappa shape index (κ3) is 1.79. The molecule has 0 saturated carbocycles. The van der Waals surface area contributed by atoms with Gasteiger partial charge in [0.2, 0.25) is 0 Å². The van der Waals surface area contributed by atoms with Crippen LogP contribution in [0.1, 0.15) is 18.1 Å². The molecule has 1 rings (SSSR count). The average Bonchev–Trinajstić information content (AvgIpc) is 2.26. The fraction of sp³-hybridized carbons (Fsp3) is 0.300. The smallest absolute Gasteiger partial charge is 0.173 e. The third-order valence-corrected chi connectivity index (χ3v) is 2.07. The largest absolute Gasteiger partial charge is 0.496 e. The van der Waals surface area contributed by atoms with Gasteiger partial charge in [-0.3, -0.25) is 0 Å². The summed E-state index contributed by atoms with van der Waals surface area (Å²) >= 11 is 0. The minimum Gasteiger partial charge on any atom is -0.496 e. The van der Waals surface area contributed by atoms with Crippen LogP contribution in [-0.2, 0) is 6.42 Å². The van der Waals surface area contributed by atoms with Crippen molar-refractivity contribution >= 4 is 5.84 Å². The topological polar surface area (TPSA) is 67.8 Å². The summed E-state index contributed by atoms with van der Waals surface area (Å²) < 4.78 is 5.22. The molecule has 0 aliphatic heterocycles. The molecule has 1 aromatic rings. The lowest BCUT2D eigenvalue weighted by atomic mass is 10.1. The predicted molar refractivity (Wildman–Crippen MR) is 54.9 cm³/mol. The third-order valence-electron chi connectivity index (χ3n) is 2.07. The Bertz CT molecular complexity index is 348. The molecule has 0 radical (unpaired) electrons. The highest BCUT2D eigenvalue weighted by atomic mass is 16.5. The molecule has 0 aliphatic carbocycles. The normalized spacial score (nSPS) is 11.4. The van der Waals surface area contributed by atoms with Crippen molar-refractivity contribution in [3.05, 3.63) is 29.3 Å².